The monoisotopic (exact) mass is 442 g/mol. The number of anilines is 3. The third kappa shape index (κ3) is 5.59. The number of nitrogens with zero attached hydrogens (tertiary/aromatic N) is 1. The molecule has 32 heavy (non-hydrogen) atoms. The summed E-state index contributed by atoms with van der Waals surface area (Å²) in [7, 11) is 0. The number of carbonyl (C=O) groups excluding carboxylic acids is 2. The molecule has 4 aromatic rings. The highest BCUT2D eigenvalue weighted by atomic mass is 32.1. The van der Waals surface area contributed by atoms with Crippen molar-refractivity contribution >= 4 is 40.3 Å². The molecule has 160 valence electrons. The van der Waals surface area contributed by atoms with E-state index in [0.717, 1.165) is 21.8 Å². The fraction of sp³-hybridized carbons (Fsp3) is 0.0800. The fourth-order valence-electron chi connectivity index (χ4n) is 3.11. The van der Waals surface area contributed by atoms with E-state index in [1.165, 1.54) is 11.3 Å². The first kappa shape index (κ1) is 21.3. The van der Waals surface area contributed by atoms with Crippen LogP contribution in [0.5, 0.6) is 0 Å². The molecular weight excluding hydrogens is 420 g/mol. The van der Waals surface area contributed by atoms with E-state index >= 15 is 0 Å². The summed E-state index contributed by atoms with van der Waals surface area (Å²) in [6, 6.07) is 24.1. The van der Waals surface area contributed by atoms with Crippen molar-refractivity contribution in [3.8, 4) is 10.6 Å². The SMILES string of the molecule is Cc1ccc(NC(=O)Nc2ccccc2)cc1NC(=O)Cc1csc(-c2ccccc2)n1. The summed E-state index contributed by atoms with van der Waals surface area (Å²) in [4.78, 5) is 29.4. The number of benzene rings is 3. The van der Waals surface area contributed by atoms with Crippen molar-refractivity contribution < 1.29 is 9.59 Å². The maximum atomic E-state index is 12.6. The van der Waals surface area contributed by atoms with Crippen LogP contribution >= 0.6 is 11.3 Å². The van der Waals surface area contributed by atoms with Crippen LogP contribution in [0.1, 0.15) is 11.3 Å². The van der Waals surface area contributed by atoms with Gasteiger partial charge in [-0.05, 0) is 36.8 Å². The van der Waals surface area contributed by atoms with Gasteiger partial charge in [-0.25, -0.2) is 9.78 Å². The first-order valence-electron chi connectivity index (χ1n) is 10.1. The highest BCUT2D eigenvalue weighted by molar-refractivity contribution is 7.13. The molecule has 0 fully saturated rings. The Kier molecular flexibility index (Phi) is 6.57. The Bertz CT molecular complexity index is 1220. The van der Waals surface area contributed by atoms with Crippen LogP contribution in [-0.2, 0) is 11.2 Å². The third-order valence-corrected chi connectivity index (χ3v) is 5.66. The first-order valence-corrected chi connectivity index (χ1v) is 11.0. The van der Waals surface area contributed by atoms with Gasteiger partial charge < -0.3 is 16.0 Å². The summed E-state index contributed by atoms with van der Waals surface area (Å²) in [5.41, 5.74) is 4.58. The predicted molar refractivity (Wildman–Crippen MR) is 130 cm³/mol. The summed E-state index contributed by atoms with van der Waals surface area (Å²) in [6.45, 7) is 1.90. The van der Waals surface area contributed by atoms with Crippen molar-refractivity contribution in [1.29, 1.82) is 0 Å². The van der Waals surface area contributed by atoms with E-state index < -0.39 is 0 Å². The van der Waals surface area contributed by atoms with E-state index in [0.29, 0.717) is 17.1 Å². The average Bonchev–Trinajstić information content (AvgIpc) is 3.25. The van der Waals surface area contributed by atoms with Gasteiger partial charge in [-0.1, -0.05) is 54.6 Å². The first-order chi connectivity index (χ1) is 15.6. The lowest BCUT2D eigenvalue weighted by molar-refractivity contribution is -0.115. The normalized spacial score (nSPS) is 10.4. The number of carbonyl (C=O) groups is 2. The minimum atomic E-state index is -0.353. The highest BCUT2D eigenvalue weighted by Crippen LogP contribution is 2.24. The van der Waals surface area contributed by atoms with Gasteiger partial charge in [0.15, 0.2) is 0 Å². The van der Waals surface area contributed by atoms with Gasteiger partial charge in [0.2, 0.25) is 5.91 Å². The zero-order valence-corrected chi connectivity index (χ0v) is 18.3. The molecule has 3 N–H and O–H groups in total. The quantitative estimate of drug-likeness (QED) is 0.345. The molecule has 0 saturated heterocycles. The minimum absolute atomic E-state index is 0.163. The predicted octanol–water partition coefficient (Wildman–Crippen LogP) is 5.94. The van der Waals surface area contributed by atoms with Gasteiger partial charge in [0.1, 0.15) is 5.01 Å². The van der Waals surface area contributed by atoms with Gasteiger partial charge in [0.05, 0.1) is 12.1 Å². The van der Waals surface area contributed by atoms with E-state index in [2.05, 4.69) is 20.9 Å². The molecule has 0 spiro atoms. The zero-order chi connectivity index (χ0) is 22.3. The van der Waals surface area contributed by atoms with Crippen molar-refractivity contribution in [1.82, 2.24) is 4.98 Å². The van der Waals surface area contributed by atoms with Gasteiger partial charge in [-0.2, -0.15) is 0 Å². The molecule has 6 nitrogen and oxygen atoms in total. The van der Waals surface area contributed by atoms with Crippen LogP contribution in [0.4, 0.5) is 21.9 Å². The maximum absolute atomic E-state index is 12.6. The molecule has 1 aromatic heterocycles. The topological polar surface area (TPSA) is 83.1 Å². The molecule has 3 amide bonds. The summed E-state index contributed by atoms with van der Waals surface area (Å²) < 4.78 is 0. The van der Waals surface area contributed by atoms with Gasteiger partial charge in [0, 0.05) is 28.0 Å². The molecule has 0 aliphatic carbocycles. The van der Waals surface area contributed by atoms with Crippen LogP contribution < -0.4 is 16.0 Å². The molecule has 0 atom stereocenters. The zero-order valence-electron chi connectivity index (χ0n) is 17.5. The maximum Gasteiger partial charge on any atom is 0.323 e. The molecule has 0 saturated carbocycles. The Labute approximate surface area is 190 Å². The van der Waals surface area contributed by atoms with E-state index in [-0.39, 0.29) is 18.4 Å². The Balaban J connectivity index is 1.38. The van der Waals surface area contributed by atoms with Crippen molar-refractivity contribution in [2.75, 3.05) is 16.0 Å². The Morgan fingerprint density at radius 2 is 1.53 bits per heavy atom. The summed E-state index contributed by atoms with van der Waals surface area (Å²) >= 11 is 1.52. The second-order valence-corrected chi connectivity index (χ2v) is 8.07. The Hall–Kier alpha value is -3.97. The molecule has 7 heteroatoms. The standard InChI is InChI=1S/C25H22N4O2S/c1-17-12-13-20(28-25(31)27-19-10-6-3-7-11-19)14-22(17)29-23(30)15-21-16-32-24(26-21)18-8-4-2-5-9-18/h2-14,16H,15H2,1H3,(H,29,30)(H2,27,28,31). The molecule has 0 aliphatic rings. The Morgan fingerprint density at radius 1 is 0.844 bits per heavy atom. The number of para-hydroxylation sites is 1. The summed E-state index contributed by atoms with van der Waals surface area (Å²) in [5.74, 6) is -0.163. The van der Waals surface area contributed by atoms with Crippen molar-refractivity contribution in [2.24, 2.45) is 0 Å². The van der Waals surface area contributed by atoms with Crippen molar-refractivity contribution in [3.05, 3.63) is 95.5 Å². The van der Waals surface area contributed by atoms with Gasteiger partial charge in [-0.3, -0.25) is 4.79 Å². The average molecular weight is 443 g/mol. The number of thiazole rings is 1. The second-order valence-electron chi connectivity index (χ2n) is 7.21. The summed E-state index contributed by atoms with van der Waals surface area (Å²) in [5, 5.41) is 11.3. The van der Waals surface area contributed by atoms with Crippen LogP contribution in [0.2, 0.25) is 0 Å². The molecule has 0 unspecified atom stereocenters. The Morgan fingerprint density at radius 3 is 2.28 bits per heavy atom. The molecule has 0 aliphatic heterocycles. The minimum Gasteiger partial charge on any atom is -0.325 e. The molecule has 3 aromatic carbocycles. The van der Waals surface area contributed by atoms with E-state index in [1.807, 2.05) is 79.0 Å². The molecule has 0 bridgehead atoms. The second kappa shape index (κ2) is 9.89. The van der Waals surface area contributed by atoms with Gasteiger partial charge in [0.25, 0.3) is 0 Å². The van der Waals surface area contributed by atoms with Crippen molar-refractivity contribution in [3.63, 3.8) is 0 Å². The van der Waals surface area contributed by atoms with Crippen LogP contribution in [0.25, 0.3) is 10.6 Å². The summed E-state index contributed by atoms with van der Waals surface area (Å²) in [6.07, 6.45) is 0.176. The third-order valence-electron chi connectivity index (χ3n) is 4.72. The lowest BCUT2D eigenvalue weighted by Gasteiger charge is -2.12. The lowest BCUT2D eigenvalue weighted by atomic mass is 10.1. The number of urea groups is 1. The molecular formula is C25H22N4O2S. The van der Waals surface area contributed by atoms with Crippen LogP contribution in [0, 0.1) is 6.92 Å². The highest BCUT2D eigenvalue weighted by Gasteiger charge is 2.11. The van der Waals surface area contributed by atoms with Crippen LogP contribution in [0.3, 0.4) is 0 Å². The van der Waals surface area contributed by atoms with E-state index in [1.54, 1.807) is 12.1 Å². The van der Waals surface area contributed by atoms with Crippen LogP contribution in [-0.4, -0.2) is 16.9 Å². The smallest absolute Gasteiger partial charge is 0.323 e. The van der Waals surface area contributed by atoms with E-state index in [9.17, 15) is 9.59 Å². The molecule has 4 rings (SSSR count). The fourth-order valence-corrected chi connectivity index (χ4v) is 3.94. The van der Waals surface area contributed by atoms with Gasteiger partial charge in [-0.15, -0.1) is 11.3 Å². The molecule has 1 heterocycles. The lowest BCUT2D eigenvalue weighted by Crippen LogP contribution is -2.20. The number of hydrogen-bond donors (Lipinski definition) is 3. The number of aromatic nitrogens is 1. The number of amides is 3. The number of rotatable bonds is 6. The van der Waals surface area contributed by atoms with Crippen molar-refractivity contribution in [2.45, 2.75) is 13.3 Å². The van der Waals surface area contributed by atoms with E-state index in [4.69, 9.17) is 0 Å². The van der Waals surface area contributed by atoms with Gasteiger partial charge >= 0.3 is 6.03 Å². The molecule has 0 radical (unpaired) electrons. The largest absolute Gasteiger partial charge is 0.325 e. The number of nitrogens with one attached hydrogen (secondary N) is 3. The number of hydrogen-bond acceptors (Lipinski definition) is 4. The van der Waals surface area contributed by atoms with Crippen LogP contribution in [0.15, 0.2) is 84.2 Å². The number of aryl methyl sites for hydroxylation is 1.